The summed E-state index contributed by atoms with van der Waals surface area (Å²) in [4.78, 5) is 8.94. The van der Waals surface area contributed by atoms with E-state index in [9.17, 15) is 5.11 Å². The molecule has 5 nitrogen and oxygen atoms in total. The van der Waals surface area contributed by atoms with Crippen LogP contribution < -0.4 is 4.74 Å². The Kier molecular flexibility index (Phi) is 5.19. The minimum atomic E-state index is 0.0180. The van der Waals surface area contributed by atoms with Gasteiger partial charge in [0.25, 0.3) is 0 Å². The van der Waals surface area contributed by atoms with Crippen molar-refractivity contribution in [2.24, 2.45) is 4.99 Å². The molecule has 0 unspecified atom stereocenters. The zero-order valence-electron chi connectivity index (χ0n) is 14.7. The second kappa shape index (κ2) is 7.77. The number of phenolic OH excluding ortho intramolecular Hbond substituents is 1. The van der Waals surface area contributed by atoms with E-state index >= 15 is 0 Å². The maximum atomic E-state index is 10.3. The van der Waals surface area contributed by atoms with Gasteiger partial charge in [-0.2, -0.15) is 0 Å². The Labute approximate surface area is 178 Å². The monoisotopic (exact) mass is 500 g/mol. The number of phenols is 1. The van der Waals surface area contributed by atoms with E-state index in [4.69, 9.17) is 9.15 Å². The first kappa shape index (κ1) is 18.7. The summed E-state index contributed by atoms with van der Waals surface area (Å²) in [6.07, 6.45) is 1.58. The molecule has 0 amide bonds. The fourth-order valence-corrected chi connectivity index (χ4v) is 3.54. The number of ether oxygens (including phenoxy) is 1. The third kappa shape index (κ3) is 3.55. The van der Waals surface area contributed by atoms with Crippen molar-refractivity contribution in [3.8, 4) is 23.0 Å². The van der Waals surface area contributed by atoms with Gasteiger partial charge in [0.05, 0.1) is 18.4 Å². The van der Waals surface area contributed by atoms with Crippen molar-refractivity contribution < 1.29 is 14.3 Å². The molecular formula is C21H14Br2N2O3. The number of hydrogen-bond donors (Lipinski definition) is 1. The molecule has 0 radical (unpaired) electrons. The highest BCUT2D eigenvalue weighted by atomic mass is 79.9. The van der Waals surface area contributed by atoms with Crippen molar-refractivity contribution in [1.29, 1.82) is 0 Å². The van der Waals surface area contributed by atoms with E-state index in [1.165, 1.54) is 7.11 Å². The smallest absolute Gasteiger partial charge is 0.227 e. The average molecular weight is 502 g/mol. The molecule has 0 aliphatic rings. The molecule has 0 saturated heterocycles. The van der Waals surface area contributed by atoms with Gasteiger partial charge >= 0.3 is 0 Å². The van der Waals surface area contributed by atoms with E-state index in [2.05, 4.69) is 41.8 Å². The number of nitrogens with zero attached hydrogens (tertiary/aromatic N) is 2. The van der Waals surface area contributed by atoms with Gasteiger partial charge in [-0.25, -0.2) is 4.98 Å². The fourth-order valence-electron chi connectivity index (χ4n) is 2.71. The van der Waals surface area contributed by atoms with E-state index in [-0.39, 0.29) is 5.75 Å². The molecule has 0 fully saturated rings. The van der Waals surface area contributed by atoms with Crippen LogP contribution in [0.3, 0.4) is 0 Å². The highest BCUT2D eigenvalue weighted by Gasteiger charge is 2.14. The van der Waals surface area contributed by atoms with Gasteiger partial charge in [-0.05, 0) is 74.3 Å². The van der Waals surface area contributed by atoms with Crippen LogP contribution in [0.5, 0.6) is 11.5 Å². The Morgan fingerprint density at radius 2 is 1.86 bits per heavy atom. The molecule has 140 valence electrons. The molecule has 0 atom stereocenters. The maximum Gasteiger partial charge on any atom is 0.227 e. The van der Waals surface area contributed by atoms with Crippen molar-refractivity contribution in [3.05, 3.63) is 69.1 Å². The first-order valence-corrected chi connectivity index (χ1v) is 9.90. The molecule has 0 saturated carbocycles. The zero-order valence-corrected chi connectivity index (χ0v) is 17.9. The van der Waals surface area contributed by atoms with Crippen LogP contribution in [0.25, 0.3) is 22.6 Å². The van der Waals surface area contributed by atoms with Crippen LogP contribution >= 0.6 is 31.9 Å². The van der Waals surface area contributed by atoms with Gasteiger partial charge in [-0.3, -0.25) is 4.99 Å². The van der Waals surface area contributed by atoms with Crippen LogP contribution in [0.15, 0.2) is 73.0 Å². The van der Waals surface area contributed by atoms with Crippen LogP contribution in [0.2, 0.25) is 0 Å². The number of aromatic hydroxyl groups is 1. The molecule has 0 bridgehead atoms. The summed E-state index contributed by atoms with van der Waals surface area (Å²) in [7, 11) is 1.50. The zero-order chi connectivity index (χ0) is 19.7. The molecule has 3 aromatic carbocycles. The maximum absolute atomic E-state index is 10.3. The predicted octanol–water partition coefficient (Wildman–Crippen LogP) is 6.48. The number of aliphatic imine (C=N–C) groups is 1. The van der Waals surface area contributed by atoms with Crippen molar-refractivity contribution in [1.82, 2.24) is 4.98 Å². The number of methoxy groups -OCH3 is 1. The van der Waals surface area contributed by atoms with E-state index in [1.807, 2.05) is 48.5 Å². The van der Waals surface area contributed by atoms with E-state index < -0.39 is 0 Å². The molecular weight excluding hydrogens is 488 g/mol. The lowest BCUT2D eigenvalue weighted by atomic mass is 10.2. The number of rotatable bonds is 4. The van der Waals surface area contributed by atoms with Crippen LogP contribution in [0.1, 0.15) is 5.56 Å². The van der Waals surface area contributed by atoms with Crippen molar-refractivity contribution in [3.63, 3.8) is 0 Å². The highest BCUT2D eigenvalue weighted by molar-refractivity contribution is 9.13. The number of fused-ring (bicyclic) bond motifs is 1. The van der Waals surface area contributed by atoms with Crippen molar-refractivity contribution in [2.75, 3.05) is 7.11 Å². The summed E-state index contributed by atoms with van der Waals surface area (Å²) < 4.78 is 12.4. The molecule has 4 rings (SSSR count). The van der Waals surface area contributed by atoms with E-state index in [0.29, 0.717) is 21.7 Å². The molecule has 1 aromatic heterocycles. The molecule has 7 heteroatoms. The number of oxazole rings is 1. The van der Waals surface area contributed by atoms with Crippen LogP contribution in [0.4, 0.5) is 5.69 Å². The van der Waals surface area contributed by atoms with Gasteiger partial charge in [-0.1, -0.05) is 12.1 Å². The van der Waals surface area contributed by atoms with Gasteiger partial charge in [0, 0.05) is 20.7 Å². The molecule has 0 aliphatic heterocycles. The average Bonchev–Trinajstić information content (AvgIpc) is 3.15. The summed E-state index contributed by atoms with van der Waals surface area (Å²) in [5, 5.41) is 10.3. The summed E-state index contributed by atoms with van der Waals surface area (Å²) >= 11 is 6.88. The topological polar surface area (TPSA) is 67.9 Å². The highest BCUT2D eigenvalue weighted by Crippen LogP contribution is 2.39. The van der Waals surface area contributed by atoms with Gasteiger partial charge in [-0.15, -0.1) is 0 Å². The summed E-state index contributed by atoms with van der Waals surface area (Å²) in [5.41, 5.74) is 3.69. The Morgan fingerprint density at radius 1 is 1.11 bits per heavy atom. The normalized spacial score (nSPS) is 11.4. The lowest BCUT2D eigenvalue weighted by Gasteiger charge is -2.09. The molecule has 1 N–H and O–H groups in total. The van der Waals surface area contributed by atoms with Crippen LogP contribution in [-0.2, 0) is 0 Å². The number of hydrogen-bond acceptors (Lipinski definition) is 5. The van der Waals surface area contributed by atoms with Gasteiger partial charge in [0.15, 0.2) is 17.1 Å². The quantitative estimate of drug-likeness (QED) is 0.325. The second-order valence-electron chi connectivity index (χ2n) is 5.93. The van der Waals surface area contributed by atoms with Crippen LogP contribution in [0, 0.1) is 0 Å². The van der Waals surface area contributed by atoms with Gasteiger partial charge in [0.2, 0.25) is 5.89 Å². The number of para-hydroxylation sites is 2. The lowest BCUT2D eigenvalue weighted by Crippen LogP contribution is -1.91. The third-order valence-corrected chi connectivity index (χ3v) is 6.18. The Hall–Kier alpha value is -2.64. The second-order valence-corrected chi connectivity index (χ2v) is 7.58. The minimum absolute atomic E-state index is 0.0180. The minimum Gasteiger partial charge on any atom is -0.504 e. The summed E-state index contributed by atoms with van der Waals surface area (Å²) in [5.74, 6) is 0.945. The molecule has 28 heavy (non-hydrogen) atoms. The number of benzene rings is 3. The van der Waals surface area contributed by atoms with E-state index in [0.717, 1.165) is 26.8 Å². The first-order valence-electron chi connectivity index (χ1n) is 8.32. The Bertz CT molecular complexity index is 1150. The Balaban J connectivity index is 1.62. The molecule has 0 aliphatic carbocycles. The van der Waals surface area contributed by atoms with Crippen molar-refractivity contribution >= 4 is 54.9 Å². The van der Waals surface area contributed by atoms with Crippen LogP contribution in [-0.4, -0.2) is 23.4 Å². The number of aromatic nitrogens is 1. The van der Waals surface area contributed by atoms with Crippen molar-refractivity contribution in [2.45, 2.75) is 0 Å². The first-order chi connectivity index (χ1) is 13.6. The summed E-state index contributed by atoms with van der Waals surface area (Å²) in [6, 6.07) is 16.9. The SMILES string of the molecule is COc1cc(Br)c(Br)c(C=Nc2ccc(-c3nc4ccccc4o3)cc2)c1O. The lowest BCUT2D eigenvalue weighted by molar-refractivity contribution is 0.372. The van der Waals surface area contributed by atoms with Gasteiger partial charge in [0.1, 0.15) is 5.52 Å². The predicted molar refractivity (Wildman–Crippen MR) is 117 cm³/mol. The largest absolute Gasteiger partial charge is 0.504 e. The van der Waals surface area contributed by atoms with E-state index in [1.54, 1.807) is 12.3 Å². The Morgan fingerprint density at radius 3 is 2.57 bits per heavy atom. The molecule has 4 aromatic rings. The number of halogens is 2. The molecule has 0 spiro atoms. The molecule has 1 heterocycles. The standard InChI is InChI=1S/C21H14Br2N2O3/c1-27-18-10-15(22)19(23)14(20(18)26)11-24-13-8-6-12(7-9-13)21-25-16-4-2-3-5-17(16)28-21/h2-11,26H,1H3. The fraction of sp³-hybridized carbons (Fsp3) is 0.0476. The summed E-state index contributed by atoms with van der Waals surface area (Å²) in [6.45, 7) is 0. The third-order valence-electron chi connectivity index (χ3n) is 4.16. The van der Waals surface area contributed by atoms with Gasteiger partial charge < -0.3 is 14.3 Å².